The molecule has 1 rings (SSSR count). The van der Waals surface area contributed by atoms with Crippen molar-refractivity contribution in [3.63, 3.8) is 0 Å². The predicted octanol–water partition coefficient (Wildman–Crippen LogP) is 1.59. The molecular weight excluding hydrogens is 218 g/mol. The van der Waals surface area contributed by atoms with Crippen LogP contribution in [0.3, 0.4) is 0 Å². The van der Waals surface area contributed by atoms with Crippen LogP contribution in [-0.4, -0.2) is 40.8 Å². The first-order valence-corrected chi connectivity index (χ1v) is 5.82. The molecule has 0 radical (unpaired) electrons. The van der Waals surface area contributed by atoms with Gasteiger partial charge in [0.15, 0.2) is 0 Å². The minimum atomic E-state index is -0.899. The van der Waals surface area contributed by atoms with E-state index in [-0.39, 0.29) is 6.61 Å². The molecular formula is C13H19NO3. The van der Waals surface area contributed by atoms with E-state index >= 15 is 0 Å². The summed E-state index contributed by atoms with van der Waals surface area (Å²) in [4.78, 5) is 12.9. The number of nitrogens with zero attached hydrogens (tertiary/aromatic N) is 1. The van der Waals surface area contributed by atoms with Crippen molar-refractivity contribution in [2.24, 2.45) is 0 Å². The molecule has 1 aromatic carbocycles. The van der Waals surface area contributed by atoms with Gasteiger partial charge in [0, 0.05) is 19.7 Å². The van der Waals surface area contributed by atoms with Gasteiger partial charge in [0.25, 0.3) is 0 Å². The average molecular weight is 237 g/mol. The zero-order chi connectivity index (χ0) is 12.7. The zero-order valence-corrected chi connectivity index (χ0v) is 10.1. The lowest BCUT2D eigenvalue weighted by Crippen LogP contribution is -2.24. The fourth-order valence-corrected chi connectivity index (χ4v) is 1.65. The molecule has 0 aliphatic carbocycles. The van der Waals surface area contributed by atoms with Gasteiger partial charge in [-0.2, -0.15) is 0 Å². The number of hydrogen-bond donors (Lipinski definition) is 2. The second-order valence-electron chi connectivity index (χ2n) is 3.95. The van der Waals surface area contributed by atoms with Gasteiger partial charge in [-0.3, -0.25) is 4.90 Å². The second kappa shape index (κ2) is 7.04. The maximum absolute atomic E-state index is 10.7. The first-order valence-electron chi connectivity index (χ1n) is 5.82. The number of aromatic carboxylic acids is 1. The highest BCUT2D eigenvalue weighted by atomic mass is 16.4. The molecule has 0 bridgehead atoms. The standard InChI is InChI=1S/C13H19NO3/c1-2-14(8-3-9-15)10-11-4-6-12(7-5-11)13(16)17/h4-7,15H,2-3,8-10H2,1H3,(H,16,17). The smallest absolute Gasteiger partial charge is 0.335 e. The average Bonchev–Trinajstić information content (AvgIpc) is 2.35. The van der Waals surface area contributed by atoms with E-state index in [0.29, 0.717) is 5.56 Å². The Bertz CT molecular complexity index is 348. The van der Waals surface area contributed by atoms with Gasteiger partial charge < -0.3 is 10.2 Å². The molecule has 4 heteroatoms. The van der Waals surface area contributed by atoms with Crippen LogP contribution in [0.25, 0.3) is 0 Å². The first-order chi connectivity index (χ1) is 8.17. The summed E-state index contributed by atoms with van der Waals surface area (Å²) < 4.78 is 0. The third-order valence-electron chi connectivity index (χ3n) is 2.69. The minimum Gasteiger partial charge on any atom is -0.478 e. The lowest BCUT2D eigenvalue weighted by molar-refractivity contribution is 0.0697. The van der Waals surface area contributed by atoms with Crippen molar-refractivity contribution in [3.8, 4) is 0 Å². The van der Waals surface area contributed by atoms with Crippen LogP contribution < -0.4 is 0 Å². The van der Waals surface area contributed by atoms with E-state index in [2.05, 4.69) is 11.8 Å². The highest BCUT2D eigenvalue weighted by Gasteiger charge is 2.05. The van der Waals surface area contributed by atoms with Gasteiger partial charge in [0.1, 0.15) is 0 Å². The van der Waals surface area contributed by atoms with Crippen molar-refractivity contribution in [1.82, 2.24) is 4.90 Å². The molecule has 0 spiro atoms. The van der Waals surface area contributed by atoms with Crippen LogP contribution in [0.4, 0.5) is 0 Å². The van der Waals surface area contributed by atoms with E-state index in [4.69, 9.17) is 10.2 Å². The molecule has 0 aliphatic rings. The van der Waals surface area contributed by atoms with Crippen molar-refractivity contribution < 1.29 is 15.0 Å². The summed E-state index contributed by atoms with van der Waals surface area (Å²) in [6, 6.07) is 6.92. The number of benzene rings is 1. The molecule has 0 fully saturated rings. The van der Waals surface area contributed by atoms with Crippen molar-refractivity contribution in [2.75, 3.05) is 19.7 Å². The highest BCUT2D eigenvalue weighted by molar-refractivity contribution is 5.87. The monoisotopic (exact) mass is 237 g/mol. The van der Waals surface area contributed by atoms with Crippen LogP contribution in [0.2, 0.25) is 0 Å². The zero-order valence-electron chi connectivity index (χ0n) is 10.1. The third kappa shape index (κ3) is 4.54. The topological polar surface area (TPSA) is 60.8 Å². The van der Waals surface area contributed by atoms with Gasteiger partial charge in [-0.15, -0.1) is 0 Å². The van der Waals surface area contributed by atoms with Crippen LogP contribution in [0, 0.1) is 0 Å². The molecule has 0 aromatic heterocycles. The van der Waals surface area contributed by atoms with E-state index in [9.17, 15) is 4.79 Å². The lowest BCUT2D eigenvalue weighted by Gasteiger charge is -2.19. The van der Waals surface area contributed by atoms with Gasteiger partial charge in [-0.05, 0) is 30.7 Å². The SMILES string of the molecule is CCN(CCCO)Cc1ccc(C(=O)O)cc1. The second-order valence-corrected chi connectivity index (χ2v) is 3.95. The largest absolute Gasteiger partial charge is 0.478 e. The molecule has 0 saturated carbocycles. The summed E-state index contributed by atoms with van der Waals surface area (Å²) in [5.41, 5.74) is 1.40. The van der Waals surface area contributed by atoms with E-state index in [1.165, 1.54) is 0 Å². The van der Waals surface area contributed by atoms with Gasteiger partial charge in [0.05, 0.1) is 5.56 Å². The van der Waals surface area contributed by atoms with Gasteiger partial charge in [0.2, 0.25) is 0 Å². The molecule has 1 aromatic rings. The maximum atomic E-state index is 10.7. The summed E-state index contributed by atoms with van der Waals surface area (Å²) in [5, 5.41) is 17.6. The van der Waals surface area contributed by atoms with Gasteiger partial charge in [-0.1, -0.05) is 19.1 Å². The molecule has 4 nitrogen and oxygen atoms in total. The van der Waals surface area contributed by atoms with Crippen LogP contribution in [0.1, 0.15) is 29.3 Å². The van der Waals surface area contributed by atoms with Crippen molar-refractivity contribution in [2.45, 2.75) is 19.9 Å². The van der Waals surface area contributed by atoms with Crippen molar-refractivity contribution in [3.05, 3.63) is 35.4 Å². The fourth-order valence-electron chi connectivity index (χ4n) is 1.65. The van der Waals surface area contributed by atoms with Crippen LogP contribution >= 0.6 is 0 Å². The number of aliphatic hydroxyl groups is 1. The Kier molecular flexibility index (Phi) is 5.66. The number of rotatable bonds is 7. The molecule has 0 unspecified atom stereocenters. The van der Waals surface area contributed by atoms with Crippen molar-refractivity contribution in [1.29, 1.82) is 0 Å². The predicted molar refractivity (Wildman–Crippen MR) is 66.1 cm³/mol. The Hall–Kier alpha value is -1.39. The Morgan fingerprint density at radius 2 is 1.94 bits per heavy atom. The molecule has 0 amide bonds. The van der Waals surface area contributed by atoms with Gasteiger partial charge >= 0.3 is 5.97 Å². The van der Waals surface area contributed by atoms with Gasteiger partial charge in [-0.25, -0.2) is 4.79 Å². The number of hydrogen-bond acceptors (Lipinski definition) is 3. The number of carboxylic acid groups (broad SMARTS) is 1. The summed E-state index contributed by atoms with van der Waals surface area (Å²) in [5.74, 6) is -0.899. The third-order valence-corrected chi connectivity index (χ3v) is 2.69. The number of aliphatic hydroxyl groups excluding tert-OH is 1. The Morgan fingerprint density at radius 3 is 2.41 bits per heavy atom. The molecule has 0 aliphatic heterocycles. The summed E-state index contributed by atoms with van der Waals surface area (Å²) in [6.07, 6.45) is 0.765. The fraction of sp³-hybridized carbons (Fsp3) is 0.462. The van der Waals surface area contributed by atoms with Crippen LogP contribution in [0.5, 0.6) is 0 Å². The molecule has 0 heterocycles. The normalized spacial score (nSPS) is 10.8. The van der Waals surface area contributed by atoms with E-state index < -0.39 is 5.97 Å². The number of carbonyl (C=O) groups is 1. The van der Waals surface area contributed by atoms with Crippen LogP contribution in [0.15, 0.2) is 24.3 Å². The molecule has 2 N–H and O–H groups in total. The van der Waals surface area contributed by atoms with E-state index in [1.54, 1.807) is 12.1 Å². The number of carboxylic acids is 1. The lowest BCUT2D eigenvalue weighted by atomic mass is 10.1. The summed E-state index contributed by atoms with van der Waals surface area (Å²) in [6.45, 7) is 4.84. The maximum Gasteiger partial charge on any atom is 0.335 e. The highest BCUT2D eigenvalue weighted by Crippen LogP contribution is 2.08. The molecule has 94 valence electrons. The first kappa shape index (κ1) is 13.7. The molecule has 0 atom stereocenters. The molecule has 0 saturated heterocycles. The van der Waals surface area contributed by atoms with Crippen LogP contribution in [-0.2, 0) is 6.54 Å². The van der Waals surface area contributed by atoms with Crippen molar-refractivity contribution >= 4 is 5.97 Å². The summed E-state index contributed by atoms with van der Waals surface area (Å²) >= 11 is 0. The molecule has 17 heavy (non-hydrogen) atoms. The Morgan fingerprint density at radius 1 is 1.29 bits per heavy atom. The van der Waals surface area contributed by atoms with E-state index in [1.807, 2.05) is 12.1 Å². The Labute approximate surface area is 101 Å². The van der Waals surface area contributed by atoms with E-state index in [0.717, 1.165) is 31.6 Å². The summed E-state index contributed by atoms with van der Waals surface area (Å²) in [7, 11) is 0. The quantitative estimate of drug-likeness (QED) is 0.756. The Balaban J connectivity index is 2.57. The minimum absolute atomic E-state index is 0.203.